The van der Waals surface area contributed by atoms with E-state index in [0.717, 1.165) is 44.1 Å². The molecule has 0 aromatic carbocycles. The fraction of sp³-hybridized carbons (Fsp3) is 0.600. The van der Waals surface area contributed by atoms with E-state index in [2.05, 4.69) is 27.0 Å². The fourth-order valence-electron chi connectivity index (χ4n) is 2.33. The second-order valence-corrected chi connectivity index (χ2v) is 5.93. The molecule has 0 aliphatic carbocycles. The number of aromatic nitrogens is 1. The maximum absolute atomic E-state index is 11.4. The van der Waals surface area contributed by atoms with Crippen LogP contribution in [0.25, 0.3) is 0 Å². The summed E-state index contributed by atoms with van der Waals surface area (Å²) in [4.78, 5) is 20.7. The monoisotopic (exact) mass is 310 g/mol. The van der Waals surface area contributed by atoms with Crippen molar-refractivity contribution in [3.8, 4) is 0 Å². The number of alkyl halides is 1. The average molecular weight is 311 g/mol. The zero-order chi connectivity index (χ0) is 15.2. The maximum atomic E-state index is 11.4. The minimum atomic E-state index is -0.507. The highest BCUT2D eigenvalue weighted by Crippen LogP contribution is 2.14. The smallest absolute Gasteiger partial charge is 0.238 e. The van der Waals surface area contributed by atoms with Gasteiger partial charge in [0.15, 0.2) is 0 Å². The maximum Gasteiger partial charge on any atom is 0.238 e. The van der Waals surface area contributed by atoms with Crippen molar-refractivity contribution in [3.63, 3.8) is 0 Å². The van der Waals surface area contributed by atoms with Crippen molar-refractivity contribution in [3.05, 3.63) is 23.9 Å². The third-order valence-corrected chi connectivity index (χ3v) is 3.98. The van der Waals surface area contributed by atoms with Crippen LogP contribution in [-0.4, -0.2) is 53.9 Å². The highest BCUT2D eigenvalue weighted by molar-refractivity contribution is 6.30. The van der Waals surface area contributed by atoms with E-state index in [9.17, 15) is 4.79 Å². The van der Waals surface area contributed by atoms with Gasteiger partial charge in [-0.25, -0.2) is 4.98 Å². The summed E-state index contributed by atoms with van der Waals surface area (Å²) in [6, 6.07) is 4.03. The quantitative estimate of drug-likeness (QED) is 0.837. The number of piperazine rings is 1. The molecule has 1 fully saturated rings. The van der Waals surface area contributed by atoms with Gasteiger partial charge in [-0.15, -0.1) is 11.6 Å². The van der Waals surface area contributed by atoms with E-state index in [1.807, 2.05) is 18.3 Å². The van der Waals surface area contributed by atoms with Crippen molar-refractivity contribution in [2.45, 2.75) is 25.8 Å². The molecule has 1 aromatic heterocycles. The molecule has 21 heavy (non-hydrogen) atoms. The number of rotatable bonds is 5. The molecule has 1 saturated heterocycles. The Balaban J connectivity index is 1.86. The molecule has 0 radical (unpaired) electrons. The summed E-state index contributed by atoms with van der Waals surface area (Å²) >= 11 is 5.71. The van der Waals surface area contributed by atoms with Crippen LogP contribution in [0.15, 0.2) is 18.3 Å². The van der Waals surface area contributed by atoms with Crippen LogP contribution in [-0.2, 0) is 11.3 Å². The van der Waals surface area contributed by atoms with Crippen molar-refractivity contribution in [1.29, 1.82) is 0 Å². The van der Waals surface area contributed by atoms with Crippen LogP contribution in [0.1, 0.15) is 19.4 Å². The molecule has 1 amide bonds. The van der Waals surface area contributed by atoms with Crippen LogP contribution in [0.3, 0.4) is 0 Å². The summed E-state index contributed by atoms with van der Waals surface area (Å²) < 4.78 is 0. The lowest BCUT2D eigenvalue weighted by Crippen LogP contribution is -2.46. The Morgan fingerprint density at radius 1 is 1.38 bits per heavy atom. The Kier molecular flexibility index (Phi) is 5.82. The summed E-state index contributed by atoms with van der Waals surface area (Å²) in [5.41, 5.74) is 0.983. The van der Waals surface area contributed by atoms with E-state index in [1.165, 1.54) is 0 Å². The first-order valence-corrected chi connectivity index (χ1v) is 7.87. The Bertz CT molecular complexity index is 455. The number of amides is 1. The number of hydrogen-bond donors (Lipinski definition) is 1. The third kappa shape index (κ3) is 4.58. The van der Waals surface area contributed by atoms with Gasteiger partial charge in [-0.1, -0.05) is 13.0 Å². The Morgan fingerprint density at radius 2 is 2.10 bits per heavy atom. The molecule has 1 atom stereocenters. The van der Waals surface area contributed by atoms with Crippen molar-refractivity contribution in [2.24, 2.45) is 0 Å². The van der Waals surface area contributed by atoms with E-state index < -0.39 is 5.38 Å². The van der Waals surface area contributed by atoms with Gasteiger partial charge in [-0.05, 0) is 25.1 Å². The Labute approximate surface area is 131 Å². The molecule has 2 rings (SSSR count). The lowest BCUT2D eigenvalue weighted by molar-refractivity contribution is -0.120. The molecule has 1 aliphatic heterocycles. The van der Waals surface area contributed by atoms with Crippen LogP contribution in [0.4, 0.5) is 5.82 Å². The first-order valence-electron chi connectivity index (χ1n) is 7.44. The summed E-state index contributed by atoms with van der Waals surface area (Å²) in [6.45, 7) is 9.63. The van der Waals surface area contributed by atoms with Crippen LogP contribution in [0.5, 0.6) is 0 Å². The highest BCUT2D eigenvalue weighted by Gasteiger charge is 2.16. The molecule has 5 nitrogen and oxygen atoms in total. The first kappa shape index (κ1) is 16.0. The fourth-order valence-corrected chi connectivity index (χ4v) is 2.41. The molecule has 0 saturated carbocycles. The molecule has 1 N–H and O–H groups in total. The molecule has 1 aromatic rings. The lowest BCUT2D eigenvalue weighted by atomic mass is 10.2. The van der Waals surface area contributed by atoms with Gasteiger partial charge in [0.05, 0.1) is 0 Å². The Hall–Kier alpha value is -1.33. The van der Waals surface area contributed by atoms with Gasteiger partial charge in [0, 0.05) is 38.9 Å². The van der Waals surface area contributed by atoms with Crippen molar-refractivity contribution in [2.75, 3.05) is 37.6 Å². The van der Waals surface area contributed by atoms with E-state index in [0.29, 0.717) is 6.54 Å². The van der Waals surface area contributed by atoms with Gasteiger partial charge >= 0.3 is 0 Å². The van der Waals surface area contributed by atoms with Crippen LogP contribution in [0, 0.1) is 0 Å². The predicted molar refractivity (Wildman–Crippen MR) is 85.7 cm³/mol. The third-order valence-electron chi connectivity index (χ3n) is 3.78. The Morgan fingerprint density at radius 3 is 2.62 bits per heavy atom. The number of halogens is 1. The number of anilines is 1. The van der Waals surface area contributed by atoms with Crippen LogP contribution >= 0.6 is 11.6 Å². The second-order valence-electron chi connectivity index (χ2n) is 5.28. The number of hydrogen-bond acceptors (Lipinski definition) is 4. The van der Waals surface area contributed by atoms with E-state index in [4.69, 9.17) is 11.6 Å². The van der Waals surface area contributed by atoms with Gasteiger partial charge in [0.2, 0.25) is 5.91 Å². The molecule has 116 valence electrons. The SMILES string of the molecule is CCN1CCN(c2ccc(CNC(=O)C(C)Cl)cn2)CC1. The number of nitrogens with zero attached hydrogens (tertiary/aromatic N) is 3. The zero-order valence-electron chi connectivity index (χ0n) is 12.7. The molecule has 6 heteroatoms. The van der Waals surface area contributed by atoms with Gasteiger partial charge < -0.3 is 15.1 Å². The van der Waals surface area contributed by atoms with E-state index >= 15 is 0 Å². The van der Waals surface area contributed by atoms with Gasteiger partial charge in [0.25, 0.3) is 0 Å². The molecule has 1 aliphatic rings. The number of likely N-dealkylation sites (N-methyl/N-ethyl adjacent to an activating group) is 1. The van der Waals surface area contributed by atoms with Crippen molar-refractivity contribution in [1.82, 2.24) is 15.2 Å². The number of nitrogens with one attached hydrogen (secondary N) is 1. The molecule has 2 heterocycles. The number of carbonyl (C=O) groups is 1. The van der Waals surface area contributed by atoms with Gasteiger partial charge in [0.1, 0.15) is 11.2 Å². The largest absolute Gasteiger partial charge is 0.354 e. The average Bonchev–Trinajstić information content (AvgIpc) is 2.53. The van der Waals surface area contributed by atoms with Crippen molar-refractivity contribution < 1.29 is 4.79 Å². The van der Waals surface area contributed by atoms with Crippen LogP contribution in [0.2, 0.25) is 0 Å². The van der Waals surface area contributed by atoms with E-state index in [-0.39, 0.29) is 5.91 Å². The summed E-state index contributed by atoms with van der Waals surface area (Å²) in [5, 5.41) is 2.27. The minimum absolute atomic E-state index is 0.156. The standard InChI is InChI=1S/C15H23ClN4O/c1-3-19-6-8-20(9-7-19)14-5-4-13(10-17-14)11-18-15(21)12(2)16/h4-5,10,12H,3,6-9,11H2,1-2H3,(H,18,21). The molecule has 1 unspecified atom stereocenters. The van der Waals surface area contributed by atoms with Gasteiger partial charge in [-0.3, -0.25) is 4.79 Å². The van der Waals surface area contributed by atoms with E-state index in [1.54, 1.807) is 6.92 Å². The summed E-state index contributed by atoms with van der Waals surface area (Å²) in [5.74, 6) is 0.850. The zero-order valence-corrected chi connectivity index (χ0v) is 13.4. The lowest BCUT2D eigenvalue weighted by Gasteiger charge is -2.34. The first-order chi connectivity index (χ1) is 10.1. The van der Waals surface area contributed by atoms with Gasteiger partial charge in [-0.2, -0.15) is 0 Å². The molecule has 0 bridgehead atoms. The molecular weight excluding hydrogens is 288 g/mol. The second kappa shape index (κ2) is 7.61. The summed E-state index contributed by atoms with van der Waals surface area (Å²) in [7, 11) is 0. The normalized spacial score (nSPS) is 17.6. The number of pyridine rings is 1. The highest BCUT2D eigenvalue weighted by atomic mass is 35.5. The topological polar surface area (TPSA) is 48.5 Å². The van der Waals surface area contributed by atoms with Crippen LogP contribution < -0.4 is 10.2 Å². The minimum Gasteiger partial charge on any atom is -0.354 e. The van der Waals surface area contributed by atoms with Crippen molar-refractivity contribution >= 4 is 23.3 Å². The molecular formula is C15H23ClN4O. The molecule has 0 spiro atoms. The predicted octanol–water partition coefficient (Wildman–Crippen LogP) is 1.47. The number of carbonyl (C=O) groups excluding carboxylic acids is 1. The summed E-state index contributed by atoms with van der Waals surface area (Å²) in [6.07, 6.45) is 1.82.